The maximum atomic E-state index is 11.0. The van der Waals surface area contributed by atoms with Crippen LogP contribution in [0.25, 0.3) is 0 Å². The molecule has 0 aromatic rings. The van der Waals surface area contributed by atoms with Gasteiger partial charge in [-0.3, -0.25) is 0 Å². The second-order valence-corrected chi connectivity index (χ2v) is 7.70. The van der Waals surface area contributed by atoms with E-state index in [1.165, 1.54) is 0 Å². The van der Waals surface area contributed by atoms with E-state index >= 15 is 0 Å². The van der Waals surface area contributed by atoms with Crippen molar-refractivity contribution in [1.82, 2.24) is 4.90 Å². The lowest BCUT2D eigenvalue weighted by Gasteiger charge is -2.30. The van der Waals surface area contributed by atoms with Gasteiger partial charge >= 0.3 is 0 Å². The van der Waals surface area contributed by atoms with Crippen LogP contribution in [-0.4, -0.2) is 39.2 Å². The summed E-state index contributed by atoms with van der Waals surface area (Å²) in [6, 6.07) is 0. The lowest BCUT2D eigenvalue weighted by atomic mass is 9.80. The highest BCUT2D eigenvalue weighted by Gasteiger charge is 2.36. The highest BCUT2D eigenvalue weighted by molar-refractivity contribution is 8.13. The molecule has 0 radical (unpaired) electrons. The molecule has 1 unspecified atom stereocenters. The average molecular weight is 240 g/mol. The molecule has 1 atom stereocenters. The molecule has 0 aliphatic carbocycles. The van der Waals surface area contributed by atoms with Crippen LogP contribution in [0.2, 0.25) is 0 Å². The van der Waals surface area contributed by atoms with E-state index in [0.29, 0.717) is 5.92 Å². The largest absolute Gasteiger partial charge is 0.306 e. The molecule has 1 saturated heterocycles. The number of halogens is 1. The van der Waals surface area contributed by atoms with Gasteiger partial charge in [0.05, 0.1) is 5.75 Å². The summed E-state index contributed by atoms with van der Waals surface area (Å²) in [7, 11) is 3.97. The fourth-order valence-corrected chi connectivity index (χ4v) is 4.10. The smallest absolute Gasteiger partial charge is 0.233 e. The van der Waals surface area contributed by atoms with Crippen LogP contribution in [0.1, 0.15) is 20.3 Å². The van der Waals surface area contributed by atoms with Crippen LogP contribution in [0, 0.1) is 11.3 Å². The minimum absolute atomic E-state index is 0.0695. The van der Waals surface area contributed by atoms with E-state index in [1.54, 1.807) is 0 Å². The van der Waals surface area contributed by atoms with Gasteiger partial charge in [-0.1, -0.05) is 13.8 Å². The minimum Gasteiger partial charge on any atom is -0.306 e. The molecule has 0 saturated carbocycles. The van der Waals surface area contributed by atoms with Crippen LogP contribution in [0.5, 0.6) is 0 Å². The van der Waals surface area contributed by atoms with Crippen molar-refractivity contribution < 1.29 is 8.42 Å². The summed E-state index contributed by atoms with van der Waals surface area (Å²) in [4.78, 5) is 2.23. The van der Waals surface area contributed by atoms with Crippen LogP contribution in [0.4, 0.5) is 0 Å². The summed E-state index contributed by atoms with van der Waals surface area (Å²) >= 11 is 0. The van der Waals surface area contributed by atoms with Gasteiger partial charge in [0.1, 0.15) is 0 Å². The molecule has 0 bridgehead atoms. The van der Waals surface area contributed by atoms with Gasteiger partial charge in [0.2, 0.25) is 9.05 Å². The number of hydrogen-bond acceptors (Lipinski definition) is 3. The highest BCUT2D eigenvalue weighted by Crippen LogP contribution is 2.35. The maximum Gasteiger partial charge on any atom is 0.233 e. The standard InChI is InChI=1S/C9H18ClNO2S/c1-9(2,7-14(10,12)13)8-4-5-11(3)6-8/h8H,4-7H2,1-3H3. The summed E-state index contributed by atoms with van der Waals surface area (Å²) in [6.07, 6.45) is 1.07. The number of likely N-dealkylation sites (tertiary alicyclic amines) is 1. The van der Waals surface area contributed by atoms with Gasteiger partial charge in [0.25, 0.3) is 0 Å². The van der Waals surface area contributed by atoms with Crippen molar-refractivity contribution in [2.24, 2.45) is 11.3 Å². The first kappa shape index (κ1) is 12.3. The third-order valence-corrected chi connectivity index (χ3v) is 4.46. The van der Waals surface area contributed by atoms with E-state index in [-0.39, 0.29) is 11.2 Å². The third-order valence-electron chi connectivity index (χ3n) is 3.04. The number of nitrogens with zero attached hydrogens (tertiary/aromatic N) is 1. The molecule has 1 heterocycles. The quantitative estimate of drug-likeness (QED) is 0.701. The van der Waals surface area contributed by atoms with Gasteiger partial charge in [-0.2, -0.15) is 0 Å². The van der Waals surface area contributed by atoms with Crippen LogP contribution in [-0.2, 0) is 9.05 Å². The van der Waals surface area contributed by atoms with Gasteiger partial charge in [0.15, 0.2) is 0 Å². The van der Waals surface area contributed by atoms with E-state index in [9.17, 15) is 8.42 Å². The Morgan fingerprint density at radius 2 is 2.07 bits per heavy atom. The molecule has 1 aliphatic rings. The van der Waals surface area contributed by atoms with Crippen LogP contribution < -0.4 is 0 Å². The van der Waals surface area contributed by atoms with Gasteiger partial charge in [0, 0.05) is 17.2 Å². The molecule has 14 heavy (non-hydrogen) atoms. The maximum absolute atomic E-state index is 11.0. The Bertz CT molecular complexity index is 300. The van der Waals surface area contributed by atoms with Crippen LogP contribution >= 0.6 is 10.7 Å². The average Bonchev–Trinajstić information content (AvgIpc) is 2.29. The molecule has 0 aromatic carbocycles. The monoisotopic (exact) mass is 239 g/mol. The molecule has 0 aromatic heterocycles. The summed E-state index contributed by atoms with van der Waals surface area (Å²) in [5, 5.41) is 0. The first-order valence-corrected chi connectivity index (χ1v) is 7.29. The normalized spacial score (nSPS) is 25.6. The number of hydrogen-bond donors (Lipinski definition) is 0. The molecular weight excluding hydrogens is 222 g/mol. The summed E-state index contributed by atoms with van der Waals surface area (Å²) in [6.45, 7) is 5.99. The summed E-state index contributed by atoms with van der Waals surface area (Å²) in [5.41, 5.74) is -0.217. The van der Waals surface area contributed by atoms with Crippen molar-refractivity contribution in [3.05, 3.63) is 0 Å². The van der Waals surface area contributed by atoms with E-state index in [0.717, 1.165) is 19.5 Å². The van der Waals surface area contributed by atoms with Gasteiger partial charge < -0.3 is 4.90 Å². The van der Waals surface area contributed by atoms with E-state index < -0.39 is 9.05 Å². The molecule has 0 amide bonds. The Morgan fingerprint density at radius 1 is 1.50 bits per heavy atom. The Kier molecular flexibility index (Phi) is 3.49. The number of rotatable bonds is 3. The fraction of sp³-hybridized carbons (Fsp3) is 1.00. The molecular formula is C9H18ClNO2S. The Morgan fingerprint density at radius 3 is 2.43 bits per heavy atom. The van der Waals surface area contributed by atoms with E-state index in [4.69, 9.17) is 10.7 Å². The SMILES string of the molecule is CN1CCC(C(C)(C)CS(=O)(=O)Cl)C1. The first-order chi connectivity index (χ1) is 6.21. The van der Waals surface area contributed by atoms with Crippen molar-refractivity contribution in [2.45, 2.75) is 20.3 Å². The van der Waals surface area contributed by atoms with Crippen molar-refractivity contribution in [2.75, 3.05) is 25.9 Å². The zero-order chi connectivity index (χ0) is 11.0. The van der Waals surface area contributed by atoms with Crippen molar-refractivity contribution in [3.8, 4) is 0 Å². The molecule has 0 N–H and O–H groups in total. The summed E-state index contributed by atoms with van der Waals surface area (Å²) in [5.74, 6) is 0.501. The van der Waals surface area contributed by atoms with Gasteiger partial charge in [-0.25, -0.2) is 8.42 Å². The van der Waals surface area contributed by atoms with Crippen molar-refractivity contribution in [1.29, 1.82) is 0 Å². The fourth-order valence-electron chi connectivity index (χ4n) is 2.14. The predicted octanol–water partition coefficient (Wildman–Crippen LogP) is 1.53. The molecule has 1 rings (SSSR count). The first-order valence-electron chi connectivity index (χ1n) is 4.81. The second-order valence-electron chi connectivity index (χ2n) is 4.92. The molecule has 84 valence electrons. The van der Waals surface area contributed by atoms with E-state index in [1.807, 2.05) is 13.8 Å². The third kappa shape index (κ3) is 3.41. The molecule has 1 aliphatic heterocycles. The minimum atomic E-state index is -3.38. The van der Waals surface area contributed by atoms with Crippen LogP contribution in [0.3, 0.4) is 0 Å². The lowest BCUT2D eigenvalue weighted by molar-refractivity contribution is 0.245. The summed E-state index contributed by atoms with van der Waals surface area (Å²) < 4.78 is 22.1. The zero-order valence-corrected chi connectivity index (χ0v) is 10.5. The van der Waals surface area contributed by atoms with Gasteiger partial charge in [-0.05, 0) is 31.3 Å². The molecule has 0 spiro atoms. The Hall–Kier alpha value is 0.200. The topological polar surface area (TPSA) is 37.4 Å². The van der Waals surface area contributed by atoms with Crippen molar-refractivity contribution >= 4 is 19.7 Å². The molecule has 1 fully saturated rings. The van der Waals surface area contributed by atoms with Crippen molar-refractivity contribution in [3.63, 3.8) is 0 Å². The molecule has 5 heteroatoms. The van der Waals surface area contributed by atoms with E-state index in [2.05, 4.69) is 11.9 Å². The predicted molar refractivity (Wildman–Crippen MR) is 59.0 cm³/mol. The Labute approximate surface area is 90.8 Å². The van der Waals surface area contributed by atoms with Crippen LogP contribution in [0.15, 0.2) is 0 Å². The lowest BCUT2D eigenvalue weighted by Crippen LogP contribution is -2.32. The van der Waals surface area contributed by atoms with Gasteiger partial charge in [-0.15, -0.1) is 0 Å². The highest BCUT2D eigenvalue weighted by atomic mass is 35.7. The Balaban J connectivity index is 2.66. The second kappa shape index (κ2) is 3.99. The molecule has 3 nitrogen and oxygen atoms in total. The zero-order valence-electron chi connectivity index (χ0n) is 8.96.